The second-order valence-electron chi connectivity index (χ2n) is 25.3. The zero-order valence-corrected chi connectivity index (χ0v) is 54.5. The Labute approximate surface area is 493 Å². The quantitative estimate of drug-likeness (QED) is 0.0243. The summed E-state index contributed by atoms with van der Waals surface area (Å²) in [6.45, 7) is 4.86. The summed E-state index contributed by atoms with van der Waals surface area (Å²) in [6.07, 6.45) is 81.4. The molecule has 0 fully saturated rings. The van der Waals surface area contributed by atoms with Gasteiger partial charge < -0.3 is 19.8 Å². The molecule has 0 rings (SSSR count). The minimum absolute atomic E-state index is 0.0636. The van der Waals surface area contributed by atoms with E-state index in [4.69, 9.17) is 9.05 Å². The van der Waals surface area contributed by atoms with Crippen molar-refractivity contribution in [2.75, 3.05) is 40.9 Å². The van der Waals surface area contributed by atoms with Crippen LogP contribution in [-0.2, 0) is 18.4 Å². The summed E-state index contributed by atoms with van der Waals surface area (Å²) in [5.41, 5.74) is 0. The molecule has 8 nitrogen and oxygen atoms in total. The lowest BCUT2D eigenvalue weighted by Crippen LogP contribution is -2.45. The Hall–Kier alpha value is -1.28. The Balaban J connectivity index is 4.05. The van der Waals surface area contributed by atoms with Crippen LogP contribution in [0, 0.1) is 0 Å². The predicted molar refractivity (Wildman–Crippen MR) is 346 cm³/mol. The predicted octanol–water partition coefficient (Wildman–Crippen LogP) is 22.1. The first-order chi connectivity index (χ1) is 38.5. The monoisotopic (exact) mass is 1130 g/mol. The third-order valence-corrected chi connectivity index (χ3v) is 17.1. The minimum atomic E-state index is -4.35. The van der Waals surface area contributed by atoms with Gasteiger partial charge in [0.05, 0.1) is 39.9 Å². The number of unbranched alkanes of at least 4 members (excludes halogenated alkanes) is 48. The molecule has 0 aromatic carbocycles. The SMILES string of the molecule is CCCCCCC/C=C\C/C=C\CCCCCCCCCCCCCCCCCCCCCC(=O)NC(COP(=O)(O)OCC[N+](C)(C)C)C(O)/C=C/CCCCCCCCCCCCCCCCCCCCCCCCCC. The second kappa shape index (κ2) is 61.3. The van der Waals surface area contributed by atoms with Gasteiger partial charge in [0.2, 0.25) is 5.91 Å². The van der Waals surface area contributed by atoms with Crippen LogP contribution in [0.4, 0.5) is 0 Å². The van der Waals surface area contributed by atoms with Gasteiger partial charge in [0, 0.05) is 6.42 Å². The molecule has 0 spiro atoms. The van der Waals surface area contributed by atoms with Crippen molar-refractivity contribution in [2.45, 2.75) is 366 Å². The van der Waals surface area contributed by atoms with Crippen LogP contribution in [0.5, 0.6) is 0 Å². The highest BCUT2D eigenvalue weighted by Gasteiger charge is 2.28. The molecule has 79 heavy (non-hydrogen) atoms. The molecule has 9 heteroatoms. The molecule has 0 aromatic rings. The van der Waals surface area contributed by atoms with Gasteiger partial charge in [-0.25, -0.2) is 4.57 Å². The number of aliphatic hydroxyl groups is 1. The van der Waals surface area contributed by atoms with Crippen molar-refractivity contribution in [1.29, 1.82) is 0 Å². The third kappa shape index (κ3) is 64.1. The Bertz CT molecular complexity index is 1380. The fraction of sp³-hybridized carbons (Fsp3) is 0.900. The van der Waals surface area contributed by atoms with E-state index in [1.54, 1.807) is 6.08 Å². The van der Waals surface area contributed by atoms with Crippen molar-refractivity contribution in [3.05, 3.63) is 36.5 Å². The molecule has 3 unspecified atom stereocenters. The van der Waals surface area contributed by atoms with Crippen LogP contribution in [-0.4, -0.2) is 73.4 Å². The van der Waals surface area contributed by atoms with E-state index >= 15 is 0 Å². The number of amides is 1. The van der Waals surface area contributed by atoms with Crippen molar-refractivity contribution in [2.24, 2.45) is 0 Å². The molecule has 0 saturated carbocycles. The zero-order chi connectivity index (χ0) is 57.7. The normalized spacial score (nSPS) is 13.9. The lowest BCUT2D eigenvalue weighted by Gasteiger charge is -2.25. The van der Waals surface area contributed by atoms with Crippen LogP contribution in [0.25, 0.3) is 0 Å². The van der Waals surface area contributed by atoms with Gasteiger partial charge in [-0.15, -0.1) is 0 Å². The van der Waals surface area contributed by atoms with Gasteiger partial charge in [0.15, 0.2) is 0 Å². The molecule has 0 heterocycles. The number of hydrogen-bond donors (Lipinski definition) is 3. The number of allylic oxidation sites excluding steroid dienone is 5. The molecule has 0 aromatic heterocycles. The standard InChI is InChI=1S/C70H137N2O6P/c1-6-8-10-12-14-16-18-20-22-24-26-28-30-32-34-35-36-37-38-40-42-44-46-48-50-52-54-56-58-60-62-64-70(74)71-68(67-78-79(75,76)77-66-65-72(3,4)5)69(73)63-61-59-57-55-53-51-49-47-45-43-41-39-33-31-29-27-25-23-21-19-17-15-13-11-9-7-2/h18,20,24,26,61,63,68-69,73H,6-17,19,21-23,25,27-60,62,64-67H2,1-5H3,(H-,71,74,75,76)/p+1/b20-18-,26-24-,63-61+. The smallest absolute Gasteiger partial charge is 0.387 e. The van der Waals surface area contributed by atoms with E-state index in [0.29, 0.717) is 17.4 Å². The van der Waals surface area contributed by atoms with E-state index in [-0.39, 0.29) is 19.1 Å². The molecule has 1 amide bonds. The number of aliphatic hydroxyl groups excluding tert-OH is 1. The Morgan fingerprint density at radius 1 is 0.430 bits per heavy atom. The van der Waals surface area contributed by atoms with Crippen LogP contribution in [0.3, 0.4) is 0 Å². The van der Waals surface area contributed by atoms with Gasteiger partial charge in [0.25, 0.3) is 0 Å². The van der Waals surface area contributed by atoms with E-state index in [0.717, 1.165) is 38.5 Å². The van der Waals surface area contributed by atoms with Crippen molar-refractivity contribution >= 4 is 13.7 Å². The molecule has 3 atom stereocenters. The summed E-state index contributed by atoms with van der Waals surface area (Å²) in [5.74, 6) is -0.170. The number of nitrogens with zero attached hydrogens (tertiary/aromatic N) is 1. The summed E-state index contributed by atoms with van der Waals surface area (Å²) in [6, 6.07) is -0.846. The number of carbonyl (C=O) groups excluding carboxylic acids is 1. The molecule has 0 aliphatic rings. The number of hydrogen-bond acceptors (Lipinski definition) is 5. The lowest BCUT2D eigenvalue weighted by atomic mass is 10.0. The number of quaternary nitrogens is 1. The first-order valence-corrected chi connectivity index (χ1v) is 36.4. The third-order valence-electron chi connectivity index (χ3n) is 16.1. The Kier molecular flexibility index (Phi) is 60.3. The summed E-state index contributed by atoms with van der Waals surface area (Å²) < 4.78 is 23.8. The number of phosphoric ester groups is 1. The molecule has 468 valence electrons. The summed E-state index contributed by atoms with van der Waals surface area (Å²) in [5, 5.41) is 14.0. The maximum atomic E-state index is 13.1. The van der Waals surface area contributed by atoms with Crippen molar-refractivity contribution in [3.63, 3.8) is 0 Å². The average molecular weight is 1130 g/mol. The highest BCUT2D eigenvalue weighted by Crippen LogP contribution is 2.43. The van der Waals surface area contributed by atoms with Gasteiger partial charge >= 0.3 is 7.82 Å². The molecule has 3 N–H and O–H groups in total. The fourth-order valence-electron chi connectivity index (χ4n) is 10.7. The first kappa shape index (κ1) is 77.7. The number of phosphoric acid groups is 1. The maximum absolute atomic E-state index is 13.1. The van der Waals surface area contributed by atoms with Crippen LogP contribution < -0.4 is 5.32 Å². The first-order valence-electron chi connectivity index (χ1n) is 34.9. The summed E-state index contributed by atoms with van der Waals surface area (Å²) >= 11 is 0. The van der Waals surface area contributed by atoms with E-state index < -0.39 is 20.0 Å². The van der Waals surface area contributed by atoms with Gasteiger partial charge in [-0.05, 0) is 51.4 Å². The fourth-order valence-corrected chi connectivity index (χ4v) is 11.4. The average Bonchev–Trinajstić information content (AvgIpc) is 3.42. The topological polar surface area (TPSA) is 105 Å². The lowest BCUT2D eigenvalue weighted by molar-refractivity contribution is -0.870. The van der Waals surface area contributed by atoms with E-state index in [2.05, 4.69) is 43.5 Å². The molecule has 0 saturated heterocycles. The highest BCUT2D eigenvalue weighted by atomic mass is 31.2. The zero-order valence-electron chi connectivity index (χ0n) is 53.6. The number of carbonyl (C=O) groups is 1. The maximum Gasteiger partial charge on any atom is 0.472 e. The largest absolute Gasteiger partial charge is 0.472 e. The molecule has 0 aliphatic carbocycles. The minimum Gasteiger partial charge on any atom is -0.387 e. The van der Waals surface area contributed by atoms with Gasteiger partial charge in [0.1, 0.15) is 13.2 Å². The number of likely N-dealkylation sites (N-methyl/N-ethyl adjacent to an activating group) is 1. The Morgan fingerprint density at radius 3 is 1.04 bits per heavy atom. The van der Waals surface area contributed by atoms with Crippen LogP contribution in [0.2, 0.25) is 0 Å². The van der Waals surface area contributed by atoms with Crippen molar-refractivity contribution in [3.8, 4) is 0 Å². The van der Waals surface area contributed by atoms with Crippen LogP contribution in [0.15, 0.2) is 36.5 Å². The van der Waals surface area contributed by atoms with Gasteiger partial charge in [-0.2, -0.15) is 0 Å². The summed E-state index contributed by atoms with van der Waals surface area (Å²) in [7, 11) is 1.59. The molecule has 0 bridgehead atoms. The Morgan fingerprint density at radius 2 is 0.722 bits per heavy atom. The van der Waals surface area contributed by atoms with Crippen molar-refractivity contribution in [1.82, 2.24) is 5.32 Å². The second-order valence-corrected chi connectivity index (χ2v) is 26.7. The number of rotatable bonds is 65. The van der Waals surface area contributed by atoms with Crippen LogP contribution in [0.1, 0.15) is 354 Å². The van der Waals surface area contributed by atoms with Crippen LogP contribution >= 0.6 is 7.82 Å². The highest BCUT2D eigenvalue weighted by molar-refractivity contribution is 7.47. The molecule has 0 radical (unpaired) electrons. The van der Waals surface area contributed by atoms with Gasteiger partial charge in [-0.1, -0.05) is 333 Å². The van der Waals surface area contributed by atoms with Gasteiger partial charge in [-0.3, -0.25) is 13.8 Å². The molecular weight excluding hydrogens is 996 g/mol. The van der Waals surface area contributed by atoms with E-state index in [1.807, 2.05) is 27.2 Å². The summed E-state index contributed by atoms with van der Waals surface area (Å²) in [4.78, 5) is 23.4. The number of nitrogens with one attached hydrogen (secondary N) is 1. The van der Waals surface area contributed by atoms with Crippen molar-refractivity contribution < 1.29 is 32.9 Å². The molecule has 0 aliphatic heterocycles. The van der Waals surface area contributed by atoms with E-state index in [1.165, 1.54) is 295 Å². The molecular formula is C70H138N2O6P+. The van der Waals surface area contributed by atoms with E-state index in [9.17, 15) is 19.4 Å².